The van der Waals surface area contributed by atoms with Crippen LogP contribution in [0.25, 0.3) is 0 Å². The Labute approximate surface area is 49.7 Å². The second-order valence-electron chi connectivity index (χ2n) is 1.40. The van der Waals surface area contributed by atoms with Crippen molar-refractivity contribution in [3.63, 3.8) is 0 Å². The minimum Gasteiger partial charge on any atom is -0.319 e. The molecule has 7 heavy (non-hydrogen) atoms. The number of hydrogen-bond acceptors (Lipinski definition) is 2. The maximum atomic E-state index is 5.55. The van der Waals surface area contributed by atoms with E-state index in [-0.39, 0.29) is 0 Å². The van der Waals surface area contributed by atoms with E-state index < -0.39 is 0 Å². The van der Waals surface area contributed by atoms with E-state index in [1.165, 1.54) is 0 Å². The molecule has 0 amide bonds. The molecule has 44 valence electrons. The van der Waals surface area contributed by atoms with E-state index in [4.69, 9.17) is 5.73 Å². The van der Waals surface area contributed by atoms with Crippen LogP contribution in [0.4, 0.5) is 0 Å². The Hall–Kier alpha value is 0.310. The third-order valence-electron chi connectivity index (χ3n) is 0.783. The van der Waals surface area contributed by atoms with Gasteiger partial charge in [0.15, 0.2) is 0 Å². The molecule has 0 heterocycles. The lowest BCUT2D eigenvalue weighted by Crippen LogP contribution is -2.13. The zero-order valence-electron chi connectivity index (χ0n) is 4.98. The van der Waals surface area contributed by atoms with Crippen molar-refractivity contribution in [1.29, 1.82) is 0 Å². The number of rotatable bonds is 3. The fourth-order valence-corrected chi connectivity index (χ4v) is 0.996. The van der Waals surface area contributed by atoms with Gasteiger partial charge in [0.2, 0.25) is 0 Å². The molecule has 0 saturated carbocycles. The molecule has 0 aromatic heterocycles. The second kappa shape index (κ2) is 4.47. The normalized spacial score (nSPS) is 14.1. The van der Waals surface area contributed by atoms with E-state index in [2.05, 4.69) is 13.8 Å². The van der Waals surface area contributed by atoms with Crippen molar-refractivity contribution >= 4 is 11.8 Å². The molecule has 0 radical (unpaired) electrons. The third kappa shape index (κ3) is 4.16. The molecule has 0 unspecified atom stereocenters. The van der Waals surface area contributed by atoms with Crippen LogP contribution in [0, 0.1) is 0 Å². The standard InChI is InChI=1S/C5H13NS/c1-3-5(6)7-4-2/h5H,3-4,6H2,1-2H3/t5-/m1/s1. The molecular weight excluding hydrogens is 106 g/mol. The third-order valence-corrected chi connectivity index (χ3v) is 1.88. The van der Waals surface area contributed by atoms with Gasteiger partial charge in [0.25, 0.3) is 0 Å². The van der Waals surface area contributed by atoms with Gasteiger partial charge in [-0.3, -0.25) is 0 Å². The zero-order chi connectivity index (χ0) is 5.70. The van der Waals surface area contributed by atoms with E-state index in [1.807, 2.05) is 11.8 Å². The van der Waals surface area contributed by atoms with Crippen LogP contribution in [0.2, 0.25) is 0 Å². The Morgan fingerprint density at radius 3 is 2.29 bits per heavy atom. The van der Waals surface area contributed by atoms with E-state index >= 15 is 0 Å². The number of hydrogen-bond donors (Lipinski definition) is 1. The summed E-state index contributed by atoms with van der Waals surface area (Å²) in [5.41, 5.74) is 5.55. The Morgan fingerprint density at radius 2 is 2.14 bits per heavy atom. The van der Waals surface area contributed by atoms with Gasteiger partial charge in [0.1, 0.15) is 0 Å². The van der Waals surface area contributed by atoms with Crippen molar-refractivity contribution in [3.05, 3.63) is 0 Å². The van der Waals surface area contributed by atoms with Crippen LogP contribution in [0.15, 0.2) is 0 Å². The summed E-state index contributed by atoms with van der Waals surface area (Å²) < 4.78 is 0. The van der Waals surface area contributed by atoms with Crippen LogP contribution in [0.5, 0.6) is 0 Å². The molecule has 0 aliphatic carbocycles. The molecule has 1 atom stereocenters. The highest BCUT2D eigenvalue weighted by Gasteiger charge is 1.92. The zero-order valence-corrected chi connectivity index (χ0v) is 5.79. The first kappa shape index (κ1) is 7.31. The average Bonchev–Trinajstić information content (AvgIpc) is 1.68. The summed E-state index contributed by atoms with van der Waals surface area (Å²) in [5.74, 6) is 1.13. The fourth-order valence-electron chi connectivity index (χ4n) is 0.332. The quantitative estimate of drug-likeness (QED) is 0.569. The Kier molecular flexibility index (Phi) is 4.67. The first-order valence-corrected chi connectivity index (χ1v) is 3.73. The van der Waals surface area contributed by atoms with Gasteiger partial charge in [-0.2, -0.15) is 0 Å². The van der Waals surface area contributed by atoms with Gasteiger partial charge in [0, 0.05) is 0 Å². The molecule has 0 aliphatic rings. The summed E-state index contributed by atoms with van der Waals surface area (Å²) in [6.07, 6.45) is 1.08. The number of nitrogens with two attached hydrogens (primary N) is 1. The molecule has 2 N–H and O–H groups in total. The maximum absolute atomic E-state index is 5.55. The maximum Gasteiger partial charge on any atom is 0.0504 e. The molecule has 1 nitrogen and oxygen atoms in total. The fraction of sp³-hybridized carbons (Fsp3) is 1.00. The summed E-state index contributed by atoms with van der Waals surface area (Å²) >= 11 is 1.81. The smallest absolute Gasteiger partial charge is 0.0504 e. The molecule has 0 spiro atoms. The van der Waals surface area contributed by atoms with Crippen molar-refractivity contribution in [2.45, 2.75) is 25.6 Å². The molecule has 0 bridgehead atoms. The van der Waals surface area contributed by atoms with Crippen LogP contribution in [0.1, 0.15) is 20.3 Å². The second-order valence-corrected chi connectivity index (χ2v) is 2.92. The van der Waals surface area contributed by atoms with Crippen molar-refractivity contribution in [2.24, 2.45) is 5.73 Å². The van der Waals surface area contributed by atoms with Gasteiger partial charge in [-0.1, -0.05) is 13.8 Å². The molecule has 0 aromatic carbocycles. The molecular formula is C5H13NS. The lowest BCUT2D eigenvalue weighted by molar-refractivity contribution is 0.869. The summed E-state index contributed by atoms with van der Waals surface area (Å²) in [4.78, 5) is 0. The van der Waals surface area contributed by atoms with Crippen LogP contribution >= 0.6 is 11.8 Å². The van der Waals surface area contributed by atoms with E-state index in [9.17, 15) is 0 Å². The van der Waals surface area contributed by atoms with Crippen LogP contribution in [-0.4, -0.2) is 11.1 Å². The van der Waals surface area contributed by atoms with Crippen molar-refractivity contribution < 1.29 is 0 Å². The van der Waals surface area contributed by atoms with Gasteiger partial charge in [0.05, 0.1) is 5.37 Å². The first-order chi connectivity index (χ1) is 3.31. The summed E-state index contributed by atoms with van der Waals surface area (Å²) in [6, 6.07) is 0. The molecule has 2 heteroatoms. The summed E-state index contributed by atoms with van der Waals surface area (Å²) in [6.45, 7) is 4.23. The molecule has 0 aliphatic heterocycles. The van der Waals surface area contributed by atoms with Crippen molar-refractivity contribution in [1.82, 2.24) is 0 Å². The highest BCUT2D eigenvalue weighted by molar-refractivity contribution is 7.99. The average molecular weight is 119 g/mol. The Bertz CT molecular complexity index is 39.1. The minimum atomic E-state index is 0.366. The van der Waals surface area contributed by atoms with Crippen molar-refractivity contribution in [2.75, 3.05) is 5.75 Å². The van der Waals surface area contributed by atoms with Crippen molar-refractivity contribution in [3.8, 4) is 0 Å². The highest BCUT2D eigenvalue weighted by atomic mass is 32.2. The largest absolute Gasteiger partial charge is 0.319 e. The predicted octanol–water partition coefficient (Wildman–Crippen LogP) is 1.43. The van der Waals surface area contributed by atoms with Crippen LogP contribution < -0.4 is 5.73 Å². The predicted molar refractivity (Wildman–Crippen MR) is 36.4 cm³/mol. The monoisotopic (exact) mass is 119 g/mol. The summed E-state index contributed by atoms with van der Waals surface area (Å²) in [5, 5.41) is 0.366. The lowest BCUT2D eigenvalue weighted by Gasteiger charge is -2.03. The minimum absolute atomic E-state index is 0.366. The SMILES string of the molecule is CCS[C@@H](N)CC. The molecule has 0 fully saturated rings. The van der Waals surface area contributed by atoms with E-state index in [0.717, 1.165) is 12.2 Å². The topological polar surface area (TPSA) is 26.0 Å². The first-order valence-electron chi connectivity index (χ1n) is 2.68. The molecule has 0 aromatic rings. The van der Waals surface area contributed by atoms with Crippen LogP contribution in [-0.2, 0) is 0 Å². The van der Waals surface area contributed by atoms with Gasteiger partial charge < -0.3 is 5.73 Å². The van der Waals surface area contributed by atoms with Gasteiger partial charge >= 0.3 is 0 Å². The van der Waals surface area contributed by atoms with Gasteiger partial charge in [-0.25, -0.2) is 0 Å². The number of thioether (sulfide) groups is 1. The molecule has 0 saturated heterocycles. The van der Waals surface area contributed by atoms with Gasteiger partial charge in [-0.05, 0) is 12.2 Å². The van der Waals surface area contributed by atoms with E-state index in [0.29, 0.717) is 5.37 Å². The van der Waals surface area contributed by atoms with E-state index in [1.54, 1.807) is 0 Å². The lowest BCUT2D eigenvalue weighted by atomic mass is 10.5. The molecule has 0 rings (SSSR count). The van der Waals surface area contributed by atoms with Crippen LogP contribution in [0.3, 0.4) is 0 Å². The van der Waals surface area contributed by atoms with Gasteiger partial charge in [-0.15, -0.1) is 11.8 Å². The summed E-state index contributed by atoms with van der Waals surface area (Å²) in [7, 11) is 0. The Morgan fingerprint density at radius 1 is 1.57 bits per heavy atom. The highest BCUT2D eigenvalue weighted by Crippen LogP contribution is 2.06. The Balaban J connectivity index is 2.83.